The molecule has 2 aromatic rings. The molecule has 0 saturated carbocycles. The third kappa shape index (κ3) is 3.96. The Morgan fingerprint density at radius 2 is 1.94 bits per heavy atom. The molecule has 2 rings (SSSR count). The van der Waals surface area contributed by atoms with Crippen molar-refractivity contribution >= 4 is 26.8 Å². The lowest BCUT2D eigenvalue weighted by molar-refractivity contribution is -0.870. The van der Waals surface area contributed by atoms with Crippen LogP contribution in [-0.2, 0) is 6.42 Å². The van der Waals surface area contributed by atoms with Crippen LogP contribution in [0.1, 0.15) is 5.56 Å². The van der Waals surface area contributed by atoms with Gasteiger partial charge in [-0.05, 0) is 23.8 Å². The number of fused-ring (bicyclic) bond motifs is 1. The molecule has 17 heavy (non-hydrogen) atoms. The summed E-state index contributed by atoms with van der Waals surface area (Å²) in [5.41, 5.74) is 2.63. The number of halogens is 2. The first-order valence-corrected chi connectivity index (χ1v) is 6.31. The molecule has 1 N–H and O–H groups in total. The van der Waals surface area contributed by atoms with Gasteiger partial charge < -0.3 is 33.4 Å². The second-order valence-corrected chi connectivity index (χ2v) is 6.18. The number of nitrogens with zero attached hydrogens (tertiary/aromatic N) is 1. The lowest BCUT2D eigenvalue weighted by atomic mass is 10.1. The van der Waals surface area contributed by atoms with Gasteiger partial charge in [-0.2, -0.15) is 0 Å². The van der Waals surface area contributed by atoms with Crippen LogP contribution in [-0.4, -0.2) is 37.2 Å². The van der Waals surface area contributed by atoms with E-state index < -0.39 is 0 Å². The molecule has 0 fully saturated rings. The average molecular weight is 409 g/mol. The normalized spacial score (nSPS) is 11.5. The quantitative estimate of drug-likeness (QED) is 0.551. The summed E-state index contributed by atoms with van der Waals surface area (Å²) in [5.74, 6) is 0. The maximum absolute atomic E-state index is 3.52. The zero-order chi connectivity index (χ0) is 11.8. The molecule has 0 aliphatic rings. The first-order chi connectivity index (χ1) is 7.46. The number of benzene rings is 1. The molecule has 4 heteroatoms. The molecule has 0 aliphatic heterocycles. The van der Waals surface area contributed by atoms with Crippen LogP contribution >= 0.6 is 15.9 Å². The minimum absolute atomic E-state index is 0. The largest absolute Gasteiger partial charge is 1.00 e. The molecule has 2 nitrogen and oxygen atoms in total. The lowest BCUT2D eigenvalue weighted by Crippen LogP contribution is -3.00. The van der Waals surface area contributed by atoms with Crippen molar-refractivity contribution in [2.75, 3.05) is 27.7 Å². The molecule has 0 bridgehead atoms. The third-order valence-electron chi connectivity index (χ3n) is 2.78. The summed E-state index contributed by atoms with van der Waals surface area (Å²) in [7, 11) is 6.68. The summed E-state index contributed by atoms with van der Waals surface area (Å²) >= 11 is 3.52. The topological polar surface area (TPSA) is 15.8 Å². The second-order valence-electron chi connectivity index (χ2n) is 5.27. The van der Waals surface area contributed by atoms with Gasteiger partial charge >= 0.3 is 0 Å². The number of nitrogens with one attached hydrogen (secondary N) is 1. The summed E-state index contributed by atoms with van der Waals surface area (Å²) in [5, 5.41) is 1.34. The van der Waals surface area contributed by atoms with E-state index in [1.807, 2.05) is 0 Å². The molecule has 0 radical (unpaired) electrons. The van der Waals surface area contributed by atoms with Gasteiger partial charge in [0.15, 0.2) is 0 Å². The average Bonchev–Trinajstić information content (AvgIpc) is 2.56. The summed E-state index contributed by atoms with van der Waals surface area (Å²) in [6.45, 7) is 1.15. The molecular formula is C13H18BrIN2. The number of hydrogen-bond donors (Lipinski definition) is 1. The van der Waals surface area contributed by atoms with E-state index in [2.05, 4.69) is 66.5 Å². The Bertz CT molecular complexity index is 500. The molecule has 1 heterocycles. The van der Waals surface area contributed by atoms with Crippen LogP contribution in [0.25, 0.3) is 10.9 Å². The van der Waals surface area contributed by atoms with Gasteiger partial charge in [0.25, 0.3) is 0 Å². The van der Waals surface area contributed by atoms with Gasteiger partial charge in [-0.1, -0.05) is 15.9 Å². The lowest BCUT2D eigenvalue weighted by Gasteiger charge is -2.23. The van der Waals surface area contributed by atoms with Crippen LogP contribution in [0.3, 0.4) is 0 Å². The van der Waals surface area contributed by atoms with Crippen LogP contribution in [0.5, 0.6) is 0 Å². The van der Waals surface area contributed by atoms with E-state index in [0.717, 1.165) is 21.9 Å². The number of likely N-dealkylation sites (N-methyl/N-ethyl adjacent to an activating group) is 1. The Labute approximate surface area is 128 Å². The predicted octanol–water partition coefficient (Wildman–Crippen LogP) is 0.183. The van der Waals surface area contributed by atoms with Crippen LogP contribution in [0.2, 0.25) is 0 Å². The molecule has 0 unspecified atom stereocenters. The molecule has 1 aromatic carbocycles. The summed E-state index contributed by atoms with van der Waals surface area (Å²) < 4.78 is 2.15. The molecular weight excluding hydrogens is 391 g/mol. The fraction of sp³-hybridized carbons (Fsp3) is 0.385. The van der Waals surface area contributed by atoms with Crippen molar-refractivity contribution in [3.8, 4) is 0 Å². The number of aromatic amines is 1. The third-order valence-corrected chi connectivity index (χ3v) is 3.27. The highest BCUT2D eigenvalue weighted by molar-refractivity contribution is 9.10. The van der Waals surface area contributed by atoms with Crippen molar-refractivity contribution in [3.05, 3.63) is 34.4 Å². The first kappa shape index (κ1) is 15.0. The monoisotopic (exact) mass is 408 g/mol. The molecule has 0 spiro atoms. The maximum Gasteiger partial charge on any atom is 0.0822 e. The van der Waals surface area contributed by atoms with Crippen LogP contribution < -0.4 is 24.0 Å². The van der Waals surface area contributed by atoms with Crippen LogP contribution in [0.15, 0.2) is 28.9 Å². The minimum Gasteiger partial charge on any atom is -1.00 e. The summed E-state index contributed by atoms with van der Waals surface area (Å²) in [6.07, 6.45) is 3.24. The van der Waals surface area contributed by atoms with E-state index >= 15 is 0 Å². The minimum atomic E-state index is 0. The van der Waals surface area contributed by atoms with E-state index in [4.69, 9.17) is 0 Å². The number of H-pyrrole nitrogens is 1. The van der Waals surface area contributed by atoms with Gasteiger partial charge in [0.2, 0.25) is 0 Å². The van der Waals surface area contributed by atoms with Crippen molar-refractivity contribution in [1.29, 1.82) is 0 Å². The van der Waals surface area contributed by atoms with E-state index in [1.165, 1.54) is 16.5 Å². The Hall–Kier alpha value is -0.0700. The second kappa shape index (κ2) is 5.71. The summed E-state index contributed by atoms with van der Waals surface area (Å²) in [6, 6.07) is 6.38. The Balaban J connectivity index is 0.00000144. The van der Waals surface area contributed by atoms with Gasteiger partial charge in [0, 0.05) is 28.0 Å². The van der Waals surface area contributed by atoms with E-state index in [1.54, 1.807) is 0 Å². The smallest absolute Gasteiger partial charge is 0.0822 e. The molecule has 0 atom stereocenters. The Morgan fingerprint density at radius 3 is 2.59 bits per heavy atom. The van der Waals surface area contributed by atoms with Crippen molar-refractivity contribution in [2.45, 2.75) is 6.42 Å². The number of quaternary nitrogens is 1. The van der Waals surface area contributed by atoms with Gasteiger partial charge in [0.05, 0.1) is 27.7 Å². The molecule has 0 saturated heterocycles. The number of hydrogen-bond acceptors (Lipinski definition) is 0. The molecule has 0 amide bonds. The highest BCUT2D eigenvalue weighted by atomic mass is 127. The van der Waals surface area contributed by atoms with Crippen molar-refractivity contribution in [1.82, 2.24) is 4.98 Å². The summed E-state index contributed by atoms with van der Waals surface area (Å²) in [4.78, 5) is 3.32. The van der Waals surface area contributed by atoms with Crippen LogP contribution in [0.4, 0.5) is 0 Å². The van der Waals surface area contributed by atoms with Gasteiger partial charge in [-0.3, -0.25) is 0 Å². The van der Waals surface area contributed by atoms with E-state index in [0.29, 0.717) is 0 Å². The molecule has 1 aromatic heterocycles. The van der Waals surface area contributed by atoms with Crippen LogP contribution in [0, 0.1) is 0 Å². The highest BCUT2D eigenvalue weighted by Crippen LogP contribution is 2.23. The SMILES string of the molecule is C[N+](C)(C)CCc1c[nH]c2ccc(Br)cc12.[I-]. The number of aromatic nitrogens is 1. The van der Waals surface area contributed by atoms with Crippen molar-refractivity contribution in [2.24, 2.45) is 0 Å². The van der Waals surface area contributed by atoms with E-state index in [9.17, 15) is 0 Å². The fourth-order valence-corrected chi connectivity index (χ4v) is 2.17. The van der Waals surface area contributed by atoms with Crippen molar-refractivity contribution < 1.29 is 28.5 Å². The number of rotatable bonds is 3. The first-order valence-electron chi connectivity index (χ1n) is 5.52. The Kier molecular flexibility index (Phi) is 5.04. The molecule has 94 valence electrons. The van der Waals surface area contributed by atoms with Gasteiger partial charge in [-0.15, -0.1) is 0 Å². The zero-order valence-electron chi connectivity index (χ0n) is 10.4. The van der Waals surface area contributed by atoms with Gasteiger partial charge in [-0.25, -0.2) is 0 Å². The van der Waals surface area contributed by atoms with Crippen molar-refractivity contribution in [3.63, 3.8) is 0 Å². The maximum atomic E-state index is 3.52. The van der Waals surface area contributed by atoms with Gasteiger partial charge in [0.1, 0.15) is 0 Å². The highest BCUT2D eigenvalue weighted by Gasteiger charge is 2.10. The predicted molar refractivity (Wildman–Crippen MR) is 72.6 cm³/mol. The standard InChI is InChI=1S/C13H18BrN2.HI/c1-16(2,3)7-6-10-9-15-13-5-4-11(14)8-12(10)13;/h4-5,8-9,15H,6-7H2,1-3H3;1H/q+1;/p-1. The zero-order valence-corrected chi connectivity index (χ0v) is 14.2. The fourth-order valence-electron chi connectivity index (χ4n) is 1.81. The molecule has 0 aliphatic carbocycles. The van der Waals surface area contributed by atoms with E-state index in [-0.39, 0.29) is 24.0 Å². The Morgan fingerprint density at radius 1 is 1.24 bits per heavy atom.